The summed E-state index contributed by atoms with van der Waals surface area (Å²) < 4.78 is 10.1. The largest absolute Gasteiger partial charge is 0.497 e. The van der Waals surface area contributed by atoms with Crippen molar-refractivity contribution in [2.24, 2.45) is 5.92 Å². The minimum Gasteiger partial charge on any atom is -0.497 e. The number of carbonyl (C=O) groups excluding carboxylic acids is 2. The minimum atomic E-state index is -0.965. The smallest absolute Gasteiger partial charge is 0.328 e. The quantitative estimate of drug-likeness (QED) is 0.352. The van der Waals surface area contributed by atoms with Crippen LogP contribution in [0, 0.1) is 16.0 Å². The number of hydrogen-bond donors (Lipinski definition) is 0. The molecule has 0 radical (unpaired) electrons. The van der Waals surface area contributed by atoms with Crippen LogP contribution in [-0.4, -0.2) is 42.0 Å². The summed E-state index contributed by atoms with van der Waals surface area (Å²) in [6.45, 7) is 3.54. The van der Waals surface area contributed by atoms with Crippen molar-refractivity contribution in [2.75, 3.05) is 14.2 Å². The Hall–Kier alpha value is -3.13. The van der Waals surface area contributed by atoms with Gasteiger partial charge in [0.25, 0.3) is 11.6 Å². The van der Waals surface area contributed by atoms with Gasteiger partial charge in [-0.25, -0.2) is 4.79 Å². The van der Waals surface area contributed by atoms with E-state index >= 15 is 0 Å². The standard InChI is InChI=1S/C21H23ClN2O6/c1-13(2)19(21(26)30-4)23(12-14-6-5-7-16(10-14)29-3)20(25)17-11-15(22)8-9-18(17)24(27)28/h5-11,13,19H,12H2,1-4H3/t19-/m0/s1. The number of carbonyl (C=O) groups is 2. The molecule has 0 spiro atoms. The van der Waals surface area contributed by atoms with Crippen LogP contribution in [0.1, 0.15) is 29.8 Å². The predicted octanol–water partition coefficient (Wildman–Crippen LogP) is 4.10. The molecule has 0 saturated carbocycles. The first-order valence-electron chi connectivity index (χ1n) is 9.15. The molecule has 0 N–H and O–H groups in total. The van der Waals surface area contributed by atoms with Crippen LogP contribution in [-0.2, 0) is 16.1 Å². The fraction of sp³-hybridized carbons (Fsp3) is 0.333. The normalized spacial score (nSPS) is 11.7. The molecule has 9 heteroatoms. The molecule has 0 saturated heterocycles. The van der Waals surface area contributed by atoms with Crippen LogP contribution in [0.15, 0.2) is 42.5 Å². The molecule has 0 unspecified atom stereocenters. The zero-order chi connectivity index (χ0) is 22.4. The first kappa shape index (κ1) is 23.2. The second kappa shape index (κ2) is 10.1. The third kappa shape index (κ3) is 5.27. The second-order valence-corrected chi connectivity index (χ2v) is 7.35. The molecule has 0 aliphatic rings. The Morgan fingerprint density at radius 2 is 1.87 bits per heavy atom. The van der Waals surface area contributed by atoms with E-state index in [1.54, 1.807) is 38.1 Å². The highest BCUT2D eigenvalue weighted by Gasteiger charge is 2.36. The van der Waals surface area contributed by atoms with Crippen molar-refractivity contribution < 1.29 is 24.0 Å². The molecule has 2 aromatic rings. The van der Waals surface area contributed by atoms with Gasteiger partial charge in [-0.15, -0.1) is 0 Å². The lowest BCUT2D eigenvalue weighted by Crippen LogP contribution is -2.48. The Morgan fingerprint density at radius 1 is 1.17 bits per heavy atom. The minimum absolute atomic E-state index is 0.0116. The van der Waals surface area contributed by atoms with Gasteiger partial charge in [-0.05, 0) is 35.7 Å². The second-order valence-electron chi connectivity index (χ2n) is 6.92. The Labute approximate surface area is 179 Å². The average Bonchev–Trinajstić information content (AvgIpc) is 2.72. The molecule has 0 fully saturated rings. The molecule has 2 rings (SSSR count). The Kier molecular flexibility index (Phi) is 7.77. The number of nitro groups is 1. The zero-order valence-corrected chi connectivity index (χ0v) is 17.9. The van der Waals surface area contributed by atoms with Crippen LogP contribution in [0.25, 0.3) is 0 Å². The van der Waals surface area contributed by atoms with Gasteiger partial charge in [0.15, 0.2) is 0 Å². The highest BCUT2D eigenvalue weighted by Crippen LogP contribution is 2.28. The molecule has 1 atom stereocenters. The third-order valence-electron chi connectivity index (χ3n) is 4.54. The number of hydrogen-bond acceptors (Lipinski definition) is 6. The first-order chi connectivity index (χ1) is 14.2. The van der Waals surface area contributed by atoms with Crippen LogP contribution in [0.3, 0.4) is 0 Å². The summed E-state index contributed by atoms with van der Waals surface area (Å²) in [5.41, 5.74) is 0.0827. The van der Waals surface area contributed by atoms with Gasteiger partial charge >= 0.3 is 5.97 Å². The molecule has 8 nitrogen and oxygen atoms in total. The molecule has 2 aromatic carbocycles. The molecule has 0 heterocycles. The fourth-order valence-corrected chi connectivity index (χ4v) is 3.31. The highest BCUT2D eigenvalue weighted by molar-refractivity contribution is 6.31. The Balaban J connectivity index is 2.60. The van der Waals surface area contributed by atoms with E-state index in [0.717, 1.165) is 0 Å². The van der Waals surface area contributed by atoms with E-state index in [4.69, 9.17) is 21.1 Å². The summed E-state index contributed by atoms with van der Waals surface area (Å²) in [4.78, 5) is 38.1. The number of methoxy groups -OCH3 is 2. The van der Waals surface area contributed by atoms with E-state index < -0.39 is 28.5 Å². The van der Waals surface area contributed by atoms with E-state index in [0.29, 0.717) is 11.3 Å². The predicted molar refractivity (Wildman–Crippen MR) is 112 cm³/mol. The number of benzene rings is 2. The fourth-order valence-electron chi connectivity index (χ4n) is 3.14. The molecule has 30 heavy (non-hydrogen) atoms. The van der Waals surface area contributed by atoms with Crippen LogP contribution in [0.2, 0.25) is 5.02 Å². The SMILES string of the molecule is COC(=O)[C@H](C(C)C)N(Cc1cccc(OC)c1)C(=O)c1cc(Cl)ccc1[N+](=O)[O-]. The zero-order valence-electron chi connectivity index (χ0n) is 17.1. The van der Waals surface area contributed by atoms with Crippen molar-refractivity contribution >= 4 is 29.2 Å². The monoisotopic (exact) mass is 434 g/mol. The average molecular weight is 435 g/mol. The van der Waals surface area contributed by atoms with Crippen molar-refractivity contribution in [2.45, 2.75) is 26.4 Å². The van der Waals surface area contributed by atoms with E-state index in [2.05, 4.69) is 0 Å². The van der Waals surface area contributed by atoms with E-state index in [9.17, 15) is 19.7 Å². The van der Waals surface area contributed by atoms with Gasteiger partial charge in [-0.3, -0.25) is 14.9 Å². The van der Waals surface area contributed by atoms with Crippen LogP contribution >= 0.6 is 11.6 Å². The van der Waals surface area contributed by atoms with Crippen molar-refractivity contribution in [1.29, 1.82) is 0 Å². The number of nitro benzene ring substituents is 1. The van der Waals surface area contributed by atoms with E-state index in [-0.39, 0.29) is 23.0 Å². The van der Waals surface area contributed by atoms with Gasteiger partial charge in [0.05, 0.1) is 19.1 Å². The lowest BCUT2D eigenvalue weighted by atomic mass is 9.99. The molecule has 0 aliphatic heterocycles. The third-order valence-corrected chi connectivity index (χ3v) is 4.78. The molecule has 0 aliphatic carbocycles. The topological polar surface area (TPSA) is 99.0 Å². The lowest BCUT2D eigenvalue weighted by molar-refractivity contribution is -0.385. The van der Waals surface area contributed by atoms with Gasteiger partial charge in [-0.1, -0.05) is 37.6 Å². The maximum Gasteiger partial charge on any atom is 0.328 e. The summed E-state index contributed by atoms with van der Waals surface area (Å²) in [6, 6.07) is 9.76. The van der Waals surface area contributed by atoms with Crippen LogP contribution < -0.4 is 4.74 Å². The first-order valence-corrected chi connectivity index (χ1v) is 9.53. The number of rotatable bonds is 8. The summed E-state index contributed by atoms with van der Waals surface area (Å²) in [6.07, 6.45) is 0. The summed E-state index contributed by atoms with van der Waals surface area (Å²) in [5.74, 6) is -1.06. The summed E-state index contributed by atoms with van der Waals surface area (Å²) in [7, 11) is 2.75. The number of ether oxygens (including phenoxy) is 2. The van der Waals surface area contributed by atoms with Crippen molar-refractivity contribution in [1.82, 2.24) is 4.90 Å². The van der Waals surface area contributed by atoms with Gasteiger partial charge < -0.3 is 14.4 Å². The van der Waals surface area contributed by atoms with Gasteiger partial charge in [0.1, 0.15) is 17.4 Å². The van der Waals surface area contributed by atoms with E-state index in [1.165, 1.54) is 37.3 Å². The lowest BCUT2D eigenvalue weighted by Gasteiger charge is -2.32. The number of halogens is 1. The van der Waals surface area contributed by atoms with Crippen LogP contribution in [0.5, 0.6) is 5.75 Å². The molecular formula is C21H23ClN2O6. The van der Waals surface area contributed by atoms with Gasteiger partial charge in [-0.2, -0.15) is 0 Å². The number of esters is 1. The summed E-state index contributed by atoms with van der Waals surface area (Å²) in [5, 5.41) is 11.7. The molecule has 160 valence electrons. The highest BCUT2D eigenvalue weighted by atomic mass is 35.5. The molecule has 1 amide bonds. The molecule has 0 bridgehead atoms. The Bertz CT molecular complexity index is 947. The van der Waals surface area contributed by atoms with Crippen molar-refractivity contribution in [3.05, 3.63) is 68.7 Å². The van der Waals surface area contributed by atoms with Gasteiger partial charge in [0, 0.05) is 17.6 Å². The maximum absolute atomic E-state index is 13.5. The Morgan fingerprint density at radius 3 is 2.43 bits per heavy atom. The number of nitrogens with zero attached hydrogens (tertiary/aromatic N) is 2. The molecule has 0 aromatic heterocycles. The summed E-state index contributed by atoms with van der Waals surface area (Å²) >= 11 is 6.00. The maximum atomic E-state index is 13.5. The van der Waals surface area contributed by atoms with Crippen molar-refractivity contribution in [3.63, 3.8) is 0 Å². The van der Waals surface area contributed by atoms with Crippen molar-refractivity contribution in [3.8, 4) is 5.75 Å². The van der Waals surface area contributed by atoms with Crippen LogP contribution in [0.4, 0.5) is 5.69 Å². The van der Waals surface area contributed by atoms with E-state index in [1.807, 2.05) is 0 Å². The number of amides is 1. The van der Waals surface area contributed by atoms with Gasteiger partial charge in [0.2, 0.25) is 0 Å². The molecular weight excluding hydrogens is 412 g/mol.